The van der Waals surface area contributed by atoms with Gasteiger partial charge in [-0.05, 0) is 29.8 Å². The number of hydrogen-bond acceptors (Lipinski definition) is 5. The molecule has 0 saturated carbocycles. The van der Waals surface area contributed by atoms with E-state index in [1.165, 1.54) is 0 Å². The highest BCUT2D eigenvalue weighted by molar-refractivity contribution is 5.99. The first kappa shape index (κ1) is 17.1. The fraction of sp³-hybridized carbons (Fsp3) is 0.381. The van der Waals surface area contributed by atoms with Gasteiger partial charge in [-0.25, -0.2) is 0 Å². The lowest BCUT2D eigenvalue weighted by Gasteiger charge is -2.29. The van der Waals surface area contributed by atoms with Crippen molar-refractivity contribution in [3.05, 3.63) is 59.2 Å². The number of rotatable bonds is 4. The van der Waals surface area contributed by atoms with Gasteiger partial charge in [0.05, 0.1) is 32.3 Å². The van der Waals surface area contributed by atoms with Crippen molar-refractivity contribution in [2.75, 3.05) is 33.4 Å². The number of hydrogen-bond donors (Lipinski definition) is 0. The van der Waals surface area contributed by atoms with Gasteiger partial charge in [-0.1, -0.05) is 18.2 Å². The Morgan fingerprint density at radius 3 is 2.77 bits per heavy atom. The Morgan fingerprint density at radius 2 is 1.96 bits per heavy atom. The highest BCUT2D eigenvalue weighted by atomic mass is 16.5. The van der Waals surface area contributed by atoms with Crippen molar-refractivity contribution < 1.29 is 19.0 Å². The van der Waals surface area contributed by atoms with Gasteiger partial charge in [0.25, 0.3) is 0 Å². The normalized spacial score (nSPS) is 20.3. The topological polar surface area (TPSA) is 48.0 Å². The molecule has 5 nitrogen and oxygen atoms in total. The maximum Gasteiger partial charge on any atom is 0.170 e. The van der Waals surface area contributed by atoms with Crippen molar-refractivity contribution in [2.45, 2.75) is 19.1 Å². The van der Waals surface area contributed by atoms with Crippen LogP contribution in [-0.2, 0) is 11.3 Å². The van der Waals surface area contributed by atoms with E-state index in [1.54, 1.807) is 7.11 Å². The van der Waals surface area contributed by atoms with E-state index in [0.29, 0.717) is 17.7 Å². The molecule has 4 rings (SSSR count). The Kier molecular flexibility index (Phi) is 4.91. The second-order valence-corrected chi connectivity index (χ2v) is 6.69. The summed E-state index contributed by atoms with van der Waals surface area (Å²) in [6, 6.07) is 13.5. The second-order valence-electron chi connectivity index (χ2n) is 6.69. The van der Waals surface area contributed by atoms with E-state index in [-0.39, 0.29) is 11.9 Å². The first-order valence-electron chi connectivity index (χ1n) is 9.00. The molecule has 1 atom stereocenters. The van der Waals surface area contributed by atoms with Crippen LogP contribution in [0.15, 0.2) is 42.5 Å². The Labute approximate surface area is 153 Å². The first-order chi connectivity index (χ1) is 12.7. The highest BCUT2D eigenvalue weighted by Crippen LogP contribution is 2.36. The summed E-state index contributed by atoms with van der Waals surface area (Å²) in [5.41, 5.74) is 2.80. The number of benzene rings is 2. The molecular weight excluding hydrogens is 330 g/mol. The quantitative estimate of drug-likeness (QED) is 0.845. The molecule has 0 aromatic heterocycles. The Balaban J connectivity index is 1.59. The fourth-order valence-corrected chi connectivity index (χ4v) is 3.58. The zero-order chi connectivity index (χ0) is 17.9. The molecule has 26 heavy (non-hydrogen) atoms. The molecule has 0 unspecified atom stereocenters. The van der Waals surface area contributed by atoms with Gasteiger partial charge in [-0.2, -0.15) is 0 Å². The number of nitrogens with zero attached hydrogens (tertiary/aromatic N) is 1. The number of carbonyl (C=O) groups is 1. The van der Waals surface area contributed by atoms with E-state index in [4.69, 9.17) is 14.2 Å². The van der Waals surface area contributed by atoms with Crippen molar-refractivity contribution in [2.24, 2.45) is 0 Å². The largest absolute Gasteiger partial charge is 0.496 e. The lowest BCUT2D eigenvalue weighted by molar-refractivity contribution is 0.0338. The van der Waals surface area contributed by atoms with E-state index in [9.17, 15) is 4.79 Å². The van der Waals surface area contributed by atoms with Crippen LogP contribution >= 0.6 is 0 Å². The predicted octanol–water partition coefficient (Wildman–Crippen LogP) is 3.23. The molecule has 1 saturated heterocycles. The number of methoxy groups -OCH3 is 1. The summed E-state index contributed by atoms with van der Waals surface area (Å²) in [7, 11) is 1.69. The number of morpholine rings is 1. The third kappa shape index (κ3) is 3.45. The van der Waals surface area contributed by atoms with Gasteiger partial charge in [0.2, 0.25) is 0 Å². The van der Waals surface area contributed by atoms with Crippen LogP contribution in [0.1, 0.15) is 34.0 Å². The highest BCUT2D eigenvalue weighted by Gasteiger charge is 2.28. The summed E-state index contributed by atoms with van der Waals surface area (Å²) in [5.74, 6) is 1.66. The van der Waals surface area contributed by atoms with E-state index in [1.807, 2.05) is 36.4 Å². The summed E-state index contributed by atoms with van der Waals surface area (Å²) in [6.07, 6.45) is 0.104. The molecule has 0 spiro atoms. The van der Waals surface area contributed by atoms with Crippen molar-refractivity contribution in [1.82, 2.24) is 4.90 Å². The van der Waals surface area contributed by atoms with Crippen LogP contribution in [0.25, 0.3) is 0 Å². The SMILES string of the molecule is COc1ccc([C@H]2CC(=O)c3ccccc3O2)cc1CN1CCOCC1. The standard InChI is InChI=1S/C21H23NO4/c1-24-19-7-6-15(12-16(19)14-22-8-10-25-11-9-22)21-13-18(23)17-4-2-3-5-20(17)26-21/h2-7,12,21H,8-11,13-14H2,1H3/t21-/m1/s1. The smallest absolute Gasteiger partial charge is 0.170 e. The van der Waals surface area contributed by atoms with Crippen LogP contribution in [0.3, 0.4) is 0 Å². The summed E-state index contributed by atoms with van der Waals surface area (Å²) < 4.78 is 17.1. The van der Waals surface area contributed by atoms with Gasteiger partial charge in [-0.3, -0.25) is 9.69 Å². The minimum absolute atomic E-state index is 0.127. The van der Waals surface area contributed by atoms with Gasteiger partial charge in [0.15, 0.2) is 5.78 Å². The summed E-state index contributed by atoms with van der Waals surface area (Å²) in [4.78, 5) is 14.8. The maximum atomic E-state index is 12.5. The minimum atomic E-state index is -0.258. The van der Waals surface area contributed by atoms with Crippen molar-refractivity contribution in [3.8, 4) is 11.5 Å². The van der Waals surface area contributed by atoms with Crippen molar-refractivity contribution in [3.63, 3.8) is 0 Å². The molecule has 0 aliphatic carbocycles. The summed E-state index contributed by atoms with van der Waals surface area (Å²) in [5, 5.41) is 0. The van der Waals surface area contributed by atoms with E-state index >= 15 is 0 Å². The Hall–Kier alpha value is -2.37. The molecule has 5 heteroatoms. The van der Waals surface area contributed by atoms with Crippen molar-refractivity contribution >= 4 is 5.78 Å². The third-order valence-corrected chi connectivity index (χ3v) is 5.00. The molecule has 1 fully saturated rings. The van der Waals surface area contributed by atoms with E-state index in [2.05, 4.69) is 11.0 Å². The fourth-order valence-electron chi connectivity index (χ4n) is 3.58. The lowest BCUT2D eigenvalue weighted by atomic mass is 9.95. The summed E-state index contributed by atoms with van der Waals surface area (Å²) >= 11 is 0. The molecule has 0 N–H and O–H groups in total. The Morgan fingerprint density at radius 1 is 1.15 bits per heavy atom. The van der Waals surface area contributed by atoms with Crippen LogP contribution in [0.2, 0.25) is 0 Å². The zero-order valence-corrected chi connectivity index (χ0v) is 14.9. The number of Topliss-reactive ketones (excluding diaryl/α,β-unsaturated/α-hetero) is 1. The first-order valence-corrected chi connectivity index (χ1v) is 9.00. The van der Waals surface area contributed by atoms with Gasteiger partial charge in [0.1, 0.15) is 17.6 Å². The molecule has 0 radical (unpaired) electrons. The average Bonchev–Trinajstić information content (AvgIpc) is 2.69. The van der Waals surface area contributed by atoms with Crippen molar-refractivity contribution in [1.29, 1.82) is 0 Å². The monoisotopic (exact) mass is 353 g/mol. The number of para-hydroxylation sites is 1. The van der Waals surface area contributed by atoms with Gasteiger partial charge in [0, 0.05) is 25.2 Å². The molecule has 2 aliphatic heterocycles. The second kappa shape index (κ2) is 7.48. The molecule has 2 aromatic carbocycles. The Bertz CT molecular complexity index is 798. The van der Waals surface area contributed by atoms with Gasteiger partial charge in [-0.15, -0.1) is 0 Å². The van der Waals surface area contributed by atoms with E-state index in [0.717, 1.165) is 49.7 Å². The van der Waals surface area contributed by atoms with Crippen LogP contribution in [0.4, 0.5) is 0 Å². The third-order valence-electron chi connectivity index (χ3n) is 5.00. The molecule has 0 bridgehead atoms. The molecule has 2 heterocycles. The van der Waals surface area contributed by atoms with Crippen LogP contribution in [0, 0.1) is 0 Å². The molecule has 0 amide bonds. The minimum Gasteiger partial charge on any atom is -0.496 e. The lowest BCUT2D eigenvalue weighted by Crippen LogP contribution is -2.35. The maximum absolute atomic E-state index is 12.5. The van der Waals surface area contributed by atoms with Gasteiger partial charge >= 0.3 is 0 Å². The van der Waals surface area contributed by atoms with Crippen LogP contribution in [0.5, 0.6) is 11.5 Å². The predicted molar refractivity (Wildman–Crippen MR) is 97.8 cm³/mol. The molecule has 136 valence electrons. The van der Waals surface area contributed by atoms with E-state index < -0.39 is 0 Å². The van der Waals surface area contributed by atoms with Gasteiger partial charge < -0.3 is 14.2 Å². The van der Waals surface area contributed by atoms with Crippen LogP contribution < -0.4 is 9.47 Å². The number of fused-ring (bicyclic) bond motifs is 1. The van der Waals surface area contributed by atoms with Crippen LogP contribution in [-0.4, -0.2) is 44.1 Å². The molecular formula is C21H23NO4. The number of ketones is 1. The molecule has 2 aliphatic rings. The average molecular weight is 353 g/mol. The number of ether oxygens (including phenoxy) is 3. The number of carbonyl (C=O) groups excluding carboxylic acids is 1. The molecule has 2 aromatic rings. The summed E-state index contributed by atoms with van der Waals surface area (Å²) in [6.45, 7) is 4.16. The zero-order valence-electron chi connectivity index (χ0n) is 14.9.